The number of rotatable bonds is 2. The molecule has 1 aromatic carbocycles. The summed E-state index contributed by atoms with van der Waals surface area (Å²) < 4.78 is 0. The van der Waals surface area contributed by atoms with E-state index in [4.69, 9.17) is 28.9 Å². The molecule has 1 aromatic heterocycles. The van der Waals surface area contributed by atoms with E-state index in [1.165, 1.54) is 0 Å². The fraction of sp³-hybridized carbons (Fsp3) is 0.0833. The van der Waals surface area contributed by atoms with Crippen LogP contribution in [0.5, 0.6) is 0 Å². The first-order valence-electron chi connectivity index (χ1n) is 5.01. The third-order valence-electron chi connectivity index (χ3n) is 2.19. The molecule has 3 nitrogen and oxygen atoms in total. The normalized spacial score (nSPS) is 10.3. The quantitative estimate of drug-likeness (QED) is 0.864. The van der Waals surface area contributed by atoms with Crippen molar-refractivity contribution in [2.75, 3.05) is 11.1 Å². The largest absolute Gasteiger partial charge is 0.396 e. The summed E-state index contributed by atoms with van der Waals surface area (Å²) in [5.74, 6) is 0.600. The highest BCUT2D eigenvalue weighted by molar-refractivity contribution is 6.35. The summed E-state index contributed by atoms with van der Waals surface area (Å²) in [6.07, 6.45) is 0. The molecule has 0 radical (unpaired) electrons. The number of nitrogens with zero attached hydrogens (tertiary/aromatic N) is 1. The molecule has 88 valence electrons. The molecule has 0 amide bonds. The van der Waals surface area contributed by atoms with E-state index in [0.717, 1.165) is 11.4 Å². The van der Waals surface area contributed by atoms with Crippen LogP contribution in [0.25, 0.3) is 0 Å². The lowest BCUT2D eigenvalue weighted by atomic mass is 10.3. The standard InChI is InChI=1S/C12H11Cl2N3/c1-7-2-3-11(15)12(16-7)17-10-5-8(13)4-9(14)6-10/h2-6H,15H2,1H3,(H,16,17). The second-order valence-electron chi connectivity index (χ2n) is 3.67. The number of hydrogen-bond acceptors (Lipinski definition) is 3. The first-order valence-corrected chi connectivity index (χ1v) is 5.76. The van der Waals surface area contributed by atoms with Gasteiger partial charge in [0.15, 0.2) is 5.82 Å². The first kappa shape index (κ1) is 12.0. The van der Waals surface area contributed by atoms with Gasteiger partial charge in [-0.15, -0.1) is 0 Å². The summed E-state index contributed by atoms with van der Waals surface area (Å²) >= 11 is 11.8. The average Bonchev–Trinajstić information content (AvgIpc) is 2.22. The molecule has 0 unspecified atom stereocenters. The Morgan fingerprint density at radius 1 is 1.12 bits per heavy atom. The van der Waals surface area contributed by atoms with Crippen molar-refractivity contribution < 1.29 is 0 Å². The molecule has 0 saturated heterocycles. The van der Waals surface area contributed by atoms with Gasteiger partial charge in [-0.1, -0.05) is 23.2 Å². The maximum absolute atomic E-state index is 5.91. The molecule has 2 aromatic rings. The van der Waals surface area contributed by atoms with Crippen LogP contribution in [0.2, 0.25) is 10.0 Å². The number of hydrogen-bond donors (Lipinski definition) is 2. The molecule has 0 aliphatic carbocycles. The fourth-order valence-corrected chi connectivity index (χ4v) is 1.96. The molecular weight excluding hydrogens is 257 g/mol. The smallest absolute Gasteiger partial charge is 0.153 e. The Balaban J connectivity index is 2.34. The zero-order chi connectivity index (χ0) is 12.4. The molecule has 3 N–H and O–H groups in total. The molecular formula is C12H11Cl2N3. The van der Waals surface area contributed by atoms with Gasteiger partial charge >= 0.3 is 0 Å². The minimum atomic E-state index is 0.561. The predicted molar refractivity (Wildman–Crippen MR) is 73.1 cm³/mol. The lowest BCUT2D eigenvalue weighted by Gasteiger charge is -2.09. The van der Waals surface area contributed by atoms with Gasteiger partial charge in [-0.2, -0.15) is 0 Å². The second kappa shape index (κ2) is 4.82. The van der Waals surface area contributed by atoms with Gasteiger partial charge in [0.2, 0.25) is 0 Å². The first-order chi connectivity index (χ1) is 8.04. The molecule has 0 aliphatic heterocycles. The molecule has 17 heavy (non-hydrogen) atoms. The Labute approximate surface area is 110 Å². The monoisotopic (exact) mass is 267 g/mol. The summed E-state index contributed by atoms with van der Waals surface area (Å²) in [5, 5.41) is 4.21. The summed E-state index contributed by atoms with van der Waals surface area (Å²) in [5.41, 5.74) is 8.04. The highest BCUT2D eigenvalue weighted by Crippen LogP contribution is 2.26. The summed E-state index contributed by atoms with van der Waals surface area (Å²) in [6.45, 7) is 1.90. The Morgan fingerprint density at radius 2 is 1.76 bits per heavy atom. The van der Waals surface area contributed by atoms with Crippen LogP contribution in [-0.4, -0.2) is 4.98 Å². The third kappa shape index (κ3) is 3.02. The van der Waals surface area contributed by atoms with Crippen molar-refractivity contribution in [3.63, 3.8) is 0 Å². The van der Waals surface area contributed by atoms with Gasteiger partial charge in [-0.3, -0.25) is 0 Å². The number of aryl methyl sites for hydroxylation is 1. The van der Waals surface area contributed by atoms with E-state index in [1.807, 2.05) is 13.0 Å². The molecule has 2 rings (SSSR count). The van der Waals surface area contributed by atoms with E-state index in [-0.39, 0.29) is 0 Å². The van der Waals surface area contributed by atoms with Crippen molar-refractivity contribution >= 4 is 40.4 Å². The lowest BCUT2D eigenvalue weighted by Crippen LogP contribution is -2.00. The van der Waals surface area contributed by atoms with Gasteiger partial charge in [0.05, 0.1) is 5.69 Å². The van der Waals surface area contributed by atoms with Gasteiger partial charge in [0.1, 0.15) is 0 Å². The number of nitrogen functional groups attached to an aromatic ring is 1. The third-order valence-corrected chi connectivity index (χ3v) is 2.63. The van der Waals surface area contributed by atoms with Crippen LogP contribution in [0.4, 0.5) is 17.2 Å². The van der Waals surface area contributed by atoms with Crippen LogP contribution >= 0.6 is 23.2 Å². The van der Waals surface area contributed by atoms with Crippen molar-refractivity contribution in [2.24, 2.45) is 0 Å². The van der Waals surface area contributed by atoms with Crippen molar-refractivity contribution in [2.45, 2.75) is 6.92 Å². The minimum absolute atomic E-state index is 0.561. The van der Waals surface area contributed by atoms with Gasteiger partial charge in [0, 0.05) is 21.4 Å². The van der Waals surface area contributed by atoms with Crippen molar-refractivity contribution in [3.8, 4) is 0 Å². The molecule has 0 aliphatic rings. The van der Waals surface area contributed by atoms with Crippen LogP contribution in [0, 0.1) is 6.92 Å². The minimum Gasteiger partial charge on any atom is -0.396 e. The number of halogens is 2. The lowest BCUT2D eigenvalue weighted by molar-refractivity contribution is 1.20. The molecule has 0 fully saturated rings. The number of benzene rings is 1. The predicted octanol–water partition coefficient (Wildman–Crippen LogP) is 4.02. The molecule has 0 spiro atoms. The highest BCUT2D eigenvalue weighted by atomic mass is 35.5. The second-order valence-corrected chi connectivity index (χ2v) is 4.55. The summed E-state index contributed by atoms with van der Waals surface area (Å²) in [4.78, 5) is 4.31. The van der Waals surface area contributed by atoms with E-state index in [0.29, 0.717) is 21.6 Å². The Hall–Kier alpha value is -1.45. The summed E-state index contributed by atoms with van der Waals surface area (Å²) in [7, 11) is 0. The number of nitrogens with two attached hydrogens (primary N) is 1. The summed E-state index contributed by atoms with van der Waals surface area (Å²) in [6, 6.07) is 8.84. The SMILES string of the molecule is Cc1ccc(N)c(Nc2cc(Cl)cc(Cl)c2)n1. The number of aromatic nitrogens is 1. The number of anilines is 3. The van der Waals surface area contributed by atoms with E-state index in [1.54, 1.807) is 24.3 Å². The van der Waals surface area contributed by atoms with E-state index in [9.17, 15) is 0 Å². The van der Waals surface area contributed by atoms with E-state index < -0.39 is 0 Å². The van der Waals surface area contributed by atoms with Crippen LogP contribution in [0.3, 0.4) is 0 Å². The maximum atomic E-state index is 5.91. The maximum Gasteiger partial charge on any atom is 0.153 e. The zero-order valence-electron chi connectivity index (χ0n) is 9.17. The van der Waals surface area contributed by atoms with E-state index >= 15 is 0 Å². The van der Waals surface area contributed by atoms with Crippen molar-refractivity contribution in [3.05, 3.63) is 46.1 Å². The van der Waals surface area contributed by atoms with Crippen LogP contribution < -0.4 is 11.1 Å². The highest BCUT2D eigenvalue weighted by Gasteiger charge is 2.03. The van der Waals surface area contributed by atoms with Gasteiger partial charge < -0.3 is 11.1 Å². The Kier molecular flexibility index (Phi) is 3.41. The molecule has 0 atom stereocenters. The van der Waals surface area contributed by atoms with Crippen LogP contribution in [-0.2, 0) is 0 Å². The topological polar surface area (TPSA) is 50.9 Å². The molecule has 0 bridgehead atoms. The van der Waals surface area contributed by atoms with E-state index in [2.05, 4.69) is 10.3 Å². The number of nitrogens with one attached hydrogen (secondary N) is 1. The van der Waals surface area contributed by atoms with Gasteiger partial charge in [-0.25, -0.2) is 4.98 Å². The van der Waals surface area contributed by atoms with Gasteiger partial charge in [0.25, 0.3) is 0 Å². The van der Waals surface area contributed by atoms with Gasteiger partial charge in [-0.05, 0) is 37.3 Å². The average molecular weight is 268 g/mol. The zero-order valence-corrected chi connectivity index (χ0v) is 10.7. The van der Waals surface area contributed by atoms with Crippen LogP contribution in [0.15, 0.2) is 30.3 Å². The van der Waals surface area contributed by atoms with Crippen molar-refractivity contribution in [1.82, 2.24) is 4.98 Å². The molecule has 1 heterocycles. The van der Waals surface area contributed by atoms with Crippen molar-refractivity contribution in [1.29, 1.82) is 0 Å². The Morgan fingerprint density at radius 3 is 2.41 bits per heavy atom. The fourth-order valence-electron chi connectivity index (χ4n) is 1.43. The number of pyridine rings is 1. The Bertz CT molecular complexity index is 535. The van der Waals surface area contributed by atoms with Crippen LogP contribution in [0.1, 0.15) is 5.69 Å². The molecule has 0 saturated carbocycles. The molecule has 5 heteroatoms.